The number of rotatable bonds is 7. The lowest BCUT2D eigenvalue weighted by molar-refractivity contribution is -0.645. The highest BCUT2D eigenvalue weighted by atomic mass is 32.2. The molecule has 0 saturated heterocycles. The SMILES string of the molecule is COc1ccc([C@@H](NC(=O)CSc2cccc[n+]2[O-])c2ccccc2)cc1. The van der Waals surface area contributed by atoms with Crippen molar-refractivity contribution >= 4 is 17.7 Å². The number of methoxy groups -OCH3 is 1. The third-order valence-corrected chi connectivity index (χ3v) is 5.05. The van der Waals surface area contributed by atoms with Gasteiger partial charge in [0.25, 0.3) is 5.03 Å². The summed E-state index contributed by atoms with van der Waals surface area (Å²) in [6.45, 7) is 0. The van der Waals surface area contributed by atoms with E-state index in [0.29, 0.717) is 5.03 Å². The molecular formula is C21H20N2O3S. The second-order valence-electron chi connectivity index (χ2n) is 5.84. The van der Waals surface area contributed by atoms with Crippen molar-refractivity contribution in [3.8, 4) is 5.75 Å². The number of hydrogen-bond donors (Lipinski definition) is 1. The number of thioether (sulfide) groups is 1. The highest BCUT2D eigenvalue weighted by molar-refractivity contribution is 7.99. The van der Waals surface area contributed by atoms with Crippen molar-refractivity contribution in [3.05, 3.63) is 95.3 Å². The summed E-state index contributed by atoms with van der Waals surface area (Å²) >= 11 is 1.21. The van der Waals surface area contributed by atoms with Crippen molar-refractivity contribution in [2.24, 2.45) is 0 Å². The lowest BCUT2D eigenvalue weighted by Crippen LogP contribution is -2.32. The lowest BCUT2D eigenvalue weighted by atomic mass is 9.98. The molecule has 0 aliphatic carbocycles. The molecule has 3 aromatic rings. The number of amides is 1. The molecule has 6 heteroatoms. The summed E-state index contributed by atoms with van der Waals surface area (Å²) in [6.07, 6.45) is 1.42. The van der Waals surface area contributed by atoms with E-state index in [-0.39, 0.29) is 17.7 Å². The largest absolute Gasteiger partial charge is 0.618 e. The fraction of sp³-hybridized carbons (Fsp3) is 0.143. The number of carbonyl (C=O) groups excluding carboxylic acids is 1. The molecule has 0 fully saturated rings. The molecule has 0 aliphatic rings. The molecule has 2 aromatic carbocycles. The summed E-state index contributed by atoms with van der Waals surface area (Å²) in [6, 6.07) is 22.2. The van der Waals surface area contributed by atoms with Gasteiger partial charge in [0, 0.05) is 12.1 Å². The van der Waals surface area contributed by atoms with Crippen molar-refractivity contribution < 1.29 is 14.3 Å². The highest BCUT2D eigenvalue weighted by Crippen LogP contribution is 2.24. The highest BCUT2D eigenvalue weighted by Gasteiger charge is 2.18. The van der Waals surface area contributed by atoms with E-state index < -0.39 is 0 Å². The molecule has 0 aliphatic heterocycles. The monoisotopic (exact) mass is 380 g/mol. The number of nitrogens with one attached hydrogen (secondary N) is 1. The van der Waals surface area contributed by atoms with Gasteiger partial charge in [-0.25, -0.2) is 0 Å². The zero-order valence-electron chi connectivity index (χ0n) is 14.9. The van der Waals surface area contributed by atoms with Crippen LogP contribution in [0.3, 0.4) is 0 Å². The van der Waals surface area contributed by atoms with Crippen LogP contribution >= 0.6 is 11.8 Å². The smallest absolute Gasteiger partial charge is 0.251 e. The lowest BCUT2D eigenvalue weighted by Gasteiger charge is -2.20. The van der Waals surface area contributed by atoms with Gasteiger partial charge in [-0.2, -0.15) is 4.73 Å². The van der Waals surface area contributed by atoms with Gasteiger partial charge < -0.3 is 15.3 Å². The van der Waals surface area contributed by atoms with Gasteiger partial charge in [0.15, 0.2) is 6.20 Å². The molecule has 1 amide bonds. The molecule has 5 nitrogen and oxygen atoms in total. The number of aromatic nitrogens is 1. The van der Waals surface area contributed by atoms with Crippen LogP contribution in [0, 0.1) is 5.21 Å². The van der Waals surface area contributed by atoms with Gasteiger partial charge in [0.2, 0.25) is 5.91 Å². The fourth-order valence-electron chi connectivity index (χ4n) is 2.67. The number of nitrogens with zero attached hydrogens (tertiary/aromatic N) is 1. The average Bonchev–Trinajstić information content (AvgIpc) is 2.72. The second kappa shape index (κ2) is 9.09. The van der Waals surface area contributed by atoms with E-state index in [1.807, 2.05) is 54.6 Å². The minimum atomic E-state index is -0.277. The van der Waals surface area contributed by atoms with E-state index in [1.165, 1.54) is 18.0 Å². The van der Waals surface area contributed by atoms with Gasteiger partial charge in [-0.3, -0.25) is 4.79 Å². The van der Waals surface area contributed by atoms with Crippen LogP contribution in [0.4, 0.5) is 0 Å². The first-order valence-electron chi connectivity index (χ1n) is 8.46. The number of hydrogen-bond acceptors (Lipinski definition) is 4. The Labute approximate surface area is 162 Å². The van der Waals surface area contributed by atoms with Crippen molar-refractivity contribution in [1.82, 2.24) is 5.32 Å². The normalized spacial score (nSPS) is 11.6. The quantitative estimate of drug-likeness (QED) is 0.388. The van der Waals surface area contributed by atoms with E-state index in [9.17, 15) is 10.0 Å². The molecule has 0 bridgehead atoms. The van der Waals surface area contributed by atoms with Crippen molar-refractivity contribution in [2.75, 3.05) is 12.9 Å². The van der Waals surface area contributed by atoms with E-state index in [0.717, 1.165) is 21.6 Å². The summed E-state index contributed by atoms with van der Waals surface area (Å²) in [5.74, 6) is 0.774. The third-order valence-electron chi connectivity index (χ3n) is 4.03. The van der Waals surface area contributed by atoms with Crippen molar-refractivity contribution in [1.29, 1.82) is 0 Å². The van der Waals surface area contributed by atoms with Gasteiger partial charge in [-0.15, -0.1) is 0 Å². The molecule has 27 heavy (non-hydrogen) atoms. The molecule has 1 heterocycles. The van der Waals surface area contributed by atoms with Crippen LogP contribution in [0.25, 0.3) is 0 Å². The minimum absolute atomic E-state index is 0.145. The summed E-state index contributed by atoms with van der Waals surface area (Å²) < 4.78 is 5.97. The van der Waals surface area contributed by atoms with E-state index in [4.69, 9.17) is 4.74 Å². The van der Waals surface area contributed by atoms with Crippen LogP contribution in [-0.2, 0) is 4.79 Å². The van der Waals surface area contributed by atoms with Crippen LogP contribution in [0.15, 0.2) is 84.0 Å². The Kier molecular flexibility index (Phi) is 6.33. The summed E-state index contributed by atoms with van der Waals surface area (Å²) in [5.41, 5.74) is 1.94. The summed E-state index contributed by atoms with van der Waals surface area (Å²) in [7, 11) is 1.62. The van der Waals surface area contributed by atoms with Crippen LogP contribution in [0.1, 0.15) is 17.2 Å². The predicted molar refractivity (Wildman–Crippen MR) is 106 cm³/mol. The first kappa shape index (κ1) is 18.8. The van der Waals surface area contributed by atoms with Gasteiger partial charge >= 0.3 is 0 Å². The first-order chi connectivity index (χ1) is 13.2. The van der Waals surface area contributed by atoms with Crippen LogP contribution in [0.5, 0.6) is 5.75 Å². The first-order valence-corrected chi connectivity index (χ1v) is 9.45. The number of carbonyl (C=O) groups is 1. The predicted octanol–water partition coefficient (Wildman–Crippen LogP) is 3.33. The average molecular weight is 380 g/mol. The van der Waals surface area contributed by atoms with Gasteiger partial charge in [-0.05, 0) is 41.1 Å². The molecule has 138 valence electrons. The minimum Gasteiger partial charge on any atom is -0.618 e. The Morgan fingerprint density at radius 2 is 1.70 bits per heavy atom. The van der Waals surface area contributed by atoms with Gasteiger partial charge in [0.05, 0.1) is 18.9 Å². The summed E-state index contributed by atoms with van der Waals surface area (Å²) in [4.78, 5) is 12.5. The fourth-order valence-corrected chi connectivity index (χ4v) is 3.39. The molecule has 1 N–H and O–H groups in total. The Morgan fingerprint density at radius 3 is 2.37 bits per heavy atom. The molecule has 1 aromatic heterocycles. The van der Waals surface area contributed by atoms with Crippen LogP contribution in [-0.4, -0.2) is 18.8 Å². The molecule has 0 radical (unpaired) electrons. The van der Waals surface area contributed by atoms with E-state index in [2.05, 4.69) is 5.32 Å². The van der Waals surface area contributed by atoms with Crippen LogP contribution < -0.4 is 14.8 Å². The van der Waals surface area contributed by atoms with E-state index in [1.54, 1.807) is 25.3 Å². The maximum absolute atomic E-state index is 12.5. The Bertz CT molecular complexity index is 885. The Balaban J connectivity index is 1.74. The molecule has 0 saturated carbocycles. The summed E-state index contributed by atoms with van der Waals surface area (Å²) in [5, 5.41) is 15.3. The molecule has 0 spiro atoms. The standard InChI is InChI=1S/C21H20N2O3S/c1-26-18-12-10-17(11-13-18)21(16-7-3-2-4-8-16)22-19(24)15-27-20-9-5-6-14-23(20)25/h2-14,21H,15H2,1H3,(H,22,24)/t21-/m0/s1. The van der Waals surface area contributed by atoms with Gasteiger partial charge in [0.1, 0.15) is 5.75 Å². The van der Waals surface area contributed by atoms with Crippen molar-refractivity contribution in [2.45, 2.75) is 11.1 Å². The zero-order chi connectivity index (χ0) is 19.1. The Morgan fingerprint density at radius 1 is 1.04 bits per heavy atom. The molecule has 1 atom stereocenters. The Hall–Kier alpha value is -2.99. The number of benzene rings is 2. The molecule has 0 unspecified atom stereocenters. The van der Waals surface area contributed by atoms with Gasteiger partial charge in [-0.1, -0.05) is 42.5 Å². The third kappa shape index (κ3) is 5.01. The van der Waals surface area contributed by atoms with Crippen molar-refractivity contribution in [3.63, 3.8) is 0 Å². The number of pyridine rings is 1. The molecular weight excluding hydrogens is 360 g/mol. The maximum Gasteiger partial charge on any atom is 0.251 e. The van der Waals surface area contributed by atoms with Crippen LogP contribution in [0.2, 0.25) is 0 Å². The maximum atomic E-state index is 12.5. The topological polar surface area (TPSA) is 65.3 Å². The zero-order valence-corrected chi connectivity index (χ0v) is 15.7. The number of ether oxygens (including phenoxy) is 1. The van der Waals surface area contributed by atoms with E-state index >= 15 is 0 Å². The second-order valence-corrected chi connectivity index (χ2v) is 6.83. The molecule has 3 rings (SSSR count).